The van der Waals surface area contributed by atoms with Gasteiger partial charge in [0.2, 0.25) is 0 Å². The standard InChI is InChI=1S/C14H12N2O4/c15-10-6-5-8(11(12(10)16)14(19)20)7-3-1-2-4-9(7)13(17)18/h1-6H,15-16H2,(H,17,18)(H,19,20). The van der Waals surface area contributed by atoms with Crippen molar-refractivity contribution in [3.8, 4) is 11.1 Å². The lowest BCUT2D eigenvalue weighted by atomic mass is 9.94. The predicted octanol–water partition coefficient (Wildman–Crippen LogP) is 1.91. The number of hydrogen-bond acceptors (Lipinski definition) is 4. The summed E-state index contributed by atoms with van der Waals surface area (Å²) >= 11 is 0. The Bertz CT molecular complexity index is 710. The number of carbonyl (C=O) groups is 2. The van der Waals surface area contributed by atoms with E-state index in [1.165, 1.54) is 24.3 Å². The van der Waals surface area contributed by atoms with Crippen LogP contribution in [0.15, 0.2) is 36.4 Å². The highest BCUT2D eigenvalue weighted by atomic mass is 16.4. The van der Waals surface area contributed by atoms with Gasteiger partial charge in [0.15, 0.2) is 0 Å². The van der Waals surface area contributed by atoms with Crippen molar-refractivity contribution in [3.05, 3.63) is 47.5 Å². The molecule has 0 aliphatic rings. The normalized spacial score (nSPS) is 10.2. The molecule has 0 aliphatic heterocycles. The fourth-order valence-electron chi connectivity index (χ4n) is 1.99. The van der Waals surface area contributed by atoms with Crippen LogP contribution >= 0.6 is 0 Å². The molecule has 6 N–H and O–H groups in total. The summed E-state index contributed by atoms with van der Waals surface area (Å²) in [5.74, 6) is -2.41. The summed E-state index contributed by atoms with van der Waals surface area (Å²) in [6, 6.07) is 9.03. The third-order valence-corrected chi connectivity index (χ3v) is 2.94. The van der Waals surface area contributed by atoms with Crippen LogP contribution < -0.4 is 11.5 Å². The molecule has 6 heteroatoms. The van der Waals surface area contributed by atoms with Gasteiger partial charge in [-0.25, -0.2) is 9.59 Å². The molecular weight excluding hydrogens is 260 g/mol. The van der Waals surface area contributed by atoms with Gasteiger partial charge in [0, 0.05) is 0 Å². The highest BCUT2D eigenvalue weighted by Gasteiger charge is 2.20. The summed E-state index contributed by atoms with van der Waals surface area (Å²) in [5.41, 5.74) is 11.7. The Balaban J connectivity index is 2.81. The summed E-state index contributed by atoms with van der Waals surface area (Å²) in [4.78, 5) is 22.6. The first-order valence-electron chi connectivity index (χ1n) is 5.67. The largest absolute Gasteiger partial charge is 0.478 e. The molecule has 0 saturated carbocycles. The average molecular weight is 272 g/mol. The molecule has 20 heavy (non-hydrogen) atoms. The Hall–Kier alpha value is -3.02. The van der Waals surface area contributed by atoms with E-state index in [1.54, 1.807) is 12.1 Å². The van der Waals surface area contributed by atoms with Crippen molar-refractivity contribution in [2.75, 3.05) is 11.5 Å². The van der Waals surface area contributed by atoms with Crippen molar-refractivity contribution in [2.45, 2.75) is 0 Å². The fraction of sp³-hybridized carbons (Fsp3) is 0. The third-order valence-electron chi connectivity index (χ3n) is 2.94. The van der Waals surface area contributed by atoms with E-state index in [0.717, 1.165) is 0 Å². The van der Waals surface area contributed by atoms with Gasteiger partial charge in [-0.05, 0) is 23.3 Å². The highest BCUT2D eigenvalue weighted by Crippen LogP contribution is 2.33. The zero-order valence-electron chi connectivity index (χ0n) is 10.3. The monoisotopic (exact) mass is 272 g/mol. The molecule has 0 aromatic heterocycles. The fourth-order valence-corrected chi connectivity index (χ4v) is 1.99. The zero-order chi connectivity index (χ0) is 14.9. The molecule has 2 aromatic rings. The maximum Gasteiger partial charge on any atom is 0.338 e. The Kier molecular flexibility index (Phi) is 3.30. The molecule has 0 unspecified atom stereocenters. The molecular formula is C14H12N2O4. The van der Waals surface area contributed by atoms with Gasteiger partial charge in [-0.1, -0.05) is 24.3 Å². The number of nitrogens with two attached hydrogens (primary N) is 2. The van der Waals surface area contributed by atoms with Crippen molar-refractivity contribution >= 4 is 23.3 Å². The van der Waals surface area contributed by atoms with E-state index in [4.69, 9.17) is 11.5 Å². The predicted molar refractivity (Wildman–Crippen MR) is 74.6 cm³/mol. The summed E-state index contributed by atoms with van der Waals surface area (Å²) < 4.78 is 0. The Morgan fingerprint density at radius 3 is 2.10 bits per heavy atom. The molecule has 0 aliphatic carbocycles. The quantitative estimate of drug-likeness (QED) is 0.632. The lowest BCUT2D eigenvalue weighted by Gasteiger charge is -2.13. The van der Waals surface area contributed by atoms with Crippen LogP contribution in [-0.2, 0) is 0 Å². The number of aromatic carboxylic acids is 2. The van der Waals surface area contributed by atoms with Gasteiger partial charge >= 0.3 is 11.9 Å². The number of carboxylic acid groups (broad SMARTS) is 2. The number of benzene rings is 2. The second kappa shape index (κ2) is 4.93. The third kappa shape index (κ3) is 2.14. The topological polar surface area (TPSA) is 127 Å². The minimum absolute atomic E-state index is 0.000767. The molecule has 0 fully saturated rings. The van der Waals surface area contributed by atoms with Gasteiger partial charge in [-0.3, -0.25) is 0 Å². The van der Waals surface area contributed by atoms with E-state index in [2.05, 4.69) is 0 Å². The molecule has 0 bridgehead atoms. The minimum Gasteiger partial charge on any atom is -0.478 e. The molecule has 0 saturated heterocycles. The van der Waals surface area contributed by atoms with Crippen LogP contribution in [0.3, 0.4) is 0 Å². The second-order valence-corrected chi connectivity index (χ2v) is 4.15. The second-order valence-electron chi connectivity index (χ2n) is 4.15. The van der Waals surface area contributed by atoms with Crippen LogP contribution in [0.5, 0.6) is 0 Å². The van der Waals surface area contributed by atoms with Crippen LogP contribution in [0, 0.1) is 0 Å². The summed E-state index contributed by atoms with van der Waals surface area (Å²) in [6.45, 7) is 0. The first-order chi connectivity index (χ1) is 9.43. The van der Waals surface area contributed by atoms with E-state index in [1.807, 2.05) is 0 Å². The molecule has 0 spiro atoms. The zero-order valence-corrected chi connectivity index (χ0v) is 10.3. The summed E-state index contributed by atoms with van der Waals surface area (Å²) in [7, 11) is 0. The van der Waals surface area contributed by atoms with Crippen LogP contribution in [0.25, 0.3) is 11.1 Å². The lowest BCUT2D eigenvalue weighted by molar-refractivity contribution is 0.0685. The van der Waals surface area contributed by atoms with Crippen LogP contribution in [-0.4, -0.2) is 22.2 Å². The molecule has 102 valence electrons. The Morgan fingerprint density at radius 1 is 0.850 bits per heavy atom. The number of anilines is 2. The molecule has 0 amide bonds. The van der Waals surface area contributed by atoms with E-state index in [-0.39, 0.29) is 33.6 Å². The van der Waals surface area contributed by atoms with Crippen molar-refractivity contribution in [3.63, 3.8) is 0 Å². The smallest absolute Gasteiger partial charge is 0.338 e. The van der Waals surface area contributed by atoms with Crippen molar-refractivity contribution in [2.24, 2.45) is 0 Å². The van der Waals surface area contributed by atoms with Gasteiger partial charge < -0.3 is 21.7 Å². The number of hydrogen-bond donors (Lipinski definition) is 4. The molecule has 0 radical (unpaired) electrons. The van der Waals surface area contributed by atoms with E-state index < -0.39 is 11.9 Å². The van der Waals surface area contributed by atoms with Crippen LogP contribution in [0.2, 0.25) is 0 Å². The van der Waals surface area contributed by atoms with Crippen LogP contribution in [0.1, 0.15) is 20.7 Å². The Labute approximate surface area is 114 Å². The van der Waals surface area contributed by atoms with Gasteiger partial charge in [0.25, 0.3) is 0 Å². The van der Waals surface area contributed by atoms with Crippen molar-refractivity contribution in [1.29, 1.82) is 0 Å². The van der Waals surface area contributed by atoms with E-state index >= 15 is 0 Å². The highest BCUT2D eigenvalue weighted by molar-refractivity contribution is 6.07. The van der Waals surface area contributed by atoms with Gasteiger partial charge in [-0.2, -0.15) is 0 Å². The van der Waals surface area contributed by atoms with Gasteiger partial charge in [0.1, 0.15) is 0 Å². The van der Waals surface area contributed by atoms with E-state index in [0.29, 0.717) is 0 Å². The summed E-state index contributed by atoms with van der Waals surface area (Å²) in [5, 5.41) is 18.5. The van der Waals surface area contributed by atoms with Crippen LogP contribution in [0.4, 0.5) is 11.4 Å². The number of rotatable bonds is 3. The molecule has 0 heterocycles. The molecule has 6 nitrogen and oxygen atoms in total. The SMILES string of the molecule is Nc1ccc(-c2ccccc2C(=O)O)c(C(=O)O)c1N. The minimum atomic E-state index is -1.26. The van der Waals surface area contributed by atoms with Crippen molar-refractivity contribution in [1.82, 2.24) is 0 Å². The van der Waals surface area contributed by atoms with Gasteiger partial charge in [-0.15, -0.1) is 0 Å². The Morgan fingerprint density at radius 2 is 1.50 bits per heavy atom. The molecule has 0 atom stereocenters. The number of carboxylic acids is 2. The number of nitrogen functional groups attached to an aromatic ring is 2. The average Bonchev–Trinajstić information content (AvgIpc) is 2.41. The first-order valence-corrected chi connectivity index (χ1v) is 5.67. The summed E-state index contributed by atoms with van der Waals surface area (Å²) in [6.07, 6.45) is 0. The maximum atomic E-state index is 11.4. The molecule has 2 rings (SSSR count). The lowest BCUT2D eigenvalue weighted by Crippen LogP contribution is -2.09. The van der Waals surface area contributed by atoms with E-state index in [9.17, 15) is 19.8 Å². The van der Waals surface area contributed by atoms with Gasteiger partial charge in [0.05, 0.1) is 22.5 Å². The van der Waals surface area contributed by atoms with Crippen molar-refractivity contribution < 1.29 is 19.8 Å². The maximum absolute atomic E-state index is 11.4. The first kappa shape index (κ1) is 13.4. The molecule has 2 aromatic carbocycles.